The van der Waals surface area contributed by atoms with Crippen molar-refractivity contribution >= 4 is 17.5 Å². The number of pyridine rings is 1. The van der Waals surface area contributed by atoms with Crippen LogP contribution in [0.4, 0.5) is 5.69 Å². The summed E-state index contributed by atoms with van der Waals surface area (Å²) in [5.41, 5.74) is 2.43. The number of carbonyl (C=O) groups excluding carboxylic acids is 2. The predicted octanol–water partition coefficient (Wildman–Crippen LogP) is 2.45. The van der Waals surface area contributed by atoms with Crippen LogP contribution in [0.1, 0.15) is 34.8 Å². The smallest absolute Gasteiger partial charge is 0.256 e. The first-order valence-corrected chi connectivity index (χ1v) is 8.33. The highest BCUT2D eigenvalue weighted by Gasteiger charge is 2.33. The number of hydrogen-bond donors (Lipinski definition) is 0. The predicted molar refractivity (Wildman–Crippen MR) is 90.9 cm³/mol. The number of carbonyl (C=O) groups is 2. The van der Waals surface area contributed by atoms with Crippen LogP contribution in [0.3, 0.4) is 0 Å². The van der Waals surface area contributed by atoms with Crippen molar-refractivity contribution in [1.29, 1.82) is 0 Å². The summed E-state index contributed by atoms with van der Waals surface area (Å²) < 4.78 is 0. The van der Waals surface area contributed by atoms with Crippen molar-refractivity contribution in [2.24, 2.45) is 0 Å². The van der Waals surface area contributed by atoms with E-state index in [0.717, 1.165) is 24.2 Å². The largest absolute Gasteiger partial charge is 0.327 e. The first-order chi connectivity index (χ1) is 11.7. The third-order valence-electron chi connectivity index (χ3n) is 4.61. The summed E-state index contributed by atoms with van der Waals surface area (Å²) in [6.45, 7) is 1.18. The van der Waals surface area contributed by atoms with Gasteiger partial charge in [-0.2, -0.15) is 0 Å². The minimum atomic E-state index is -0.0777. The molecule has 2 amide bonds. The normalized spacial score (nSPS) is 17.9. The van der Waals surface area contributed by atoms with E-state index in [1.807, 2.05) is 36.4 Å². The fraction of sp³-hybridized carbons (Fsp3) is 0.316. The van der Waals surface area contributed by atoms with E-state index >= 15 is 0 Å². The average molecular weight is 321 g/mol. The van der Waals surface area contributed by atoms with E-state index in [4.69, 9.17) is 0 Å². The fourth-order valence-corrected chi connectivity index (χ4v) is 3.18. The van der Waals surface area contributed by atoms with E-state index in [1.54, 1.807) is 22.1 Å². The van der Waals surface area contributed by atoms with Gasteiger partial charge in [0, 0.05) is 30.9 Å². The van der Waals surface area contributed by atoms with Crippen LogP contribution in [0.15, 0.2) is 48.7 Å². The number of benzene rings is 1. The molecule has 1 aromatic carbocycles. The molecular weight excluding hydrogens is 302 g/mol. The van der Waals surface area contributed by atoms with Crippen LogP contribution in [-0.4, -0.2) is 41.3 Å². The molecule has 2 aliphatic rings. The lowest BCUT2D eigenvalue weighted by Gasteiger charge is -2.34. The molecular formula is C19H19N3O2. The second-order valence-electron chi connectivity index (χ2n) is 6.32. The van der Waals surface area contributed by atoms with Crippen LogP contribution in [0.2, 0.25) is 0 Å². The lowest BCUT2D eigenvalue weighted by atomic mass is 10.1. The Morgan fingerprint density at radius 1 is 1.04 bits per heavy atom. The van der Waals surface area contributed by atoms with Crippen LogP contribution in [-0.2, 0) is 4.79 Å². The van der Waals surface area contributed by atoms with Crippen molar-refractivity contribution in [3.8, 4) is 0 Å². The van der Waals surface area contributed by atoms with Gasteiger partial charge in [0.05, 0.1) is 11.3 Å². The van der Waals surface area contributed by atoms with Crippen molar-refractivity contribution in [1.82, 2.24) is 9.88 Å². The summed E-state index contributed by atoms with van der Waals surface area (Å²) in [7, 11) is 0. The van der Waals surface area contributed by atoms with Gasteiger partial charge in [-0.15, -0.1) is 0 Å². The quantitative estimate of drug-likeness (QED) is 0.872. The number of anilines is 1. The van der Waals surface area contributed by atoms with Gasteiger partial charge in [-0.05, 0) is 37.1 Å². The molecule has 0 N–H and O–H groups in total. The van der Waals surface area contributed by atoms with Gasteiger partial charge in [0.2, 0.25) is 5.91 Å². The Labute approximate surface area is 140 Å². The molecule has 0 spiro atoms. The number of rotatable bonds is 3. The first kappa shape index (κ1) is 14.9. The molecule has 1 aliphatic heterocycles. The minimum absolute atomic E-state index is 0.0438. The second kappa shape index (κ2) is 6.07. The molecule has 1 aromatic heterocycles. The molecule has 0 radical (unpaired) electrons. The molecule has 2 heterocycles. The summed E-state index contributed by atoms with van der Waals surface area (Å²) in [5.74, 6) is 0.287. The molecule has 1 saturated carbocycles. The van der Waals surface area contributed by atoms with Crippen molar-refractivity contribution in [2.45, 2.75) is 18.8 Å². The van der Waals surface area contributed by atoms with Gasteiger partial charge in [-0.3, -0.25) is 14.6 Å². The van der Waals surface area contributed by atoms with Gasteiger partial charge in [0.15, 0.2) is 0 Å². The molecule has 1 saturated heterocycles. The molecule has 1 aliphatic carbocycles. The highest BCUT2D eigenvalue weighted by molar-refractivity contribution is 6.02. The van der Waals surface area contributed by atoms with E-state index in [2.05, 4.69) is 4.98 Å². The zero-order chi connectivity index (χ0) is 16.5. The van der Waals surface area contributed by atoms with Gasteiger partial charge < -0.3 is 9.80 Å². The first-order valence-electron chi connectivity index (χ1n) is 8.33. The van der Waals surface area contributed by atoms with Gasteiger partial charge >= 0.3 is 0 Å². The third kappa shape index (κ3) is 2.77. The SMILES string of the molecule is O=C(c1cccnc1C1CC1)N1CCN(c2ccccc2)C(=O)C1. The van der Waals surface area contributed by atoms with Gasteiger partial charge in [-0.25, -0.2) is 0 Å². The molecule has 122 valence electrons. The molecule has 0 atom stereocenters. The van der Waals surface area contributed by atoms with E-state index in [-0.39, 0.29) is 18.4 Å². The summed E-state index contributed by atoms with van der Waals surface area (Å²) in [5, 5.41) is 0. The third-order valence-corrected chi connectivity index (χ3v) is 4.61. The number of amides is 2. The maximum Gasteiger partial charge on any atom is 0.256 e. The topological polar surface area (TPSA) is 53.5 Å². The lowest BCUT2D eigenvalue weighted by molar-refractivity contribution is -0.120. The maximum absolute atomic E-state index is 12.9. The Morgan fingerprint density at radius 2 is 1.83 bits per heavy atom. The van der Waals surface area contributed by atoms with Crippen LogP contribution in [0, 0.1) is 0 Å². The zero-order valence-corrected chi connectivity index (χ0v) is 13.4. The number of nitrogens with zero attached hydrogens (tertiary/aromatic N) is 3. The highest BCUT2D eigenvalue weighted by Crippen LogP contribution is 2.40. The van der Waals surface area contributed by atoms with Crippen molar-refractivity contribution in [3.63, 3.8) is 0 Å². The van der Waals surface area contributed by atoms with E-state index in [1.165, 1.54) is 0 Å². The second-order valence-corrected chi connectivity index (χ2v) is 6.32. The van der Waals surface area contributed by atoms with Gasteiger partial charge in [0.25, 0.3) is 5.91 Å². The highest BCUT2D eigenvalue weighted by atomic mass is 16.2. The summed E-state index contributed by atoms with van der Waals surface area (Å²) in [6, 6.07) is 13.2. The van der Waals surface area contributed by atoms with Crippen molar-refractivity contribution in [2.75, 3.05) is 24.5 Å². The van der Waals surface area contributed by atoms with E-state index in [0.29, 0.717) is 24.6 Å². The Balaban J connectivity index is 1.51. The minimum Gasteiger partial charge on any atom is -0.327 e. The van der Waals surface area contributed by atoms with Crippen LogP contribution in [0.25, 0.3) is 0 Å². The number of hydrogen-bond acceptors (Lipinski definition) is 3. The monoisotopic (exact) mass is 321 g/mol. The average Bonchev–Trinajstić information content (AvgIpc) is 3.47. The zero-order valence-electron chi connectivity index (χ0n) is 13.4. The van der Waals surface area contributed by atoms with Gasteiger partial charge in [-0.1, -0.05) is 18.2 Å². The Hall–Kier alpha value is -2.69. The summed E-state index contributed by atoms with van der Waals surface area (Å²) in [4.78, 5) is 33.1. The molecule has 5 heteroatoms. The lowest BCUT2D eigenvalue weighted by Crippen LogP contribution is -2.52. The summed E-state index contributed by atoms with van der Waals surface area (Å²) in [6.07, 6.45) is 3.93. The Bertz CT molecular complexity index is 771. The Kier molecular flexibility index (Phi) is 3.76. The number of aromatic nitrogens is 1. The molecule has 4 rings (SSSR count). The molecule has 24 heavy (non-hydrogen) atoms. The number of para-hydroxylation sites is 1. The van der Waals surface area contributed by atoms with Crippen LogP contribution in [0.5, 0.6) is 0 Å². The van der Waals surface area contributed by atoms with Crippen LogP contribution >= 0.6 is 0 Å². The summed E-state index contributed by atoms with van der Waals surface area (Å²) >= 11 is 0. The van der Waals surface area contributed by atoms with E-state index in [9.17, 15) is 9.59 Å². The molecule has 2 fully saturated rings. The van der Waals surface area contributed by atoms with Gasteiger partial charge in [0.1, 0.15) is 6.54 Å². The molecule has 0 bridgehead atoms. The number of piperazine rings is 1. The maximum atomic E-state index is 12.9. The standard InChI is InChI=1S/C19H19N3O2/c23-17-13-21(11-12-22(17)15-5-2-1-3-6-15)19(24)16-7-4-10-20-18(16)14-8-9-14/h1-7,10,14H,8-9,11-13H2. The van der Waals surface area contributed by atoms with E-state index < -0.39 is 0 Å². The van der Waals surface area contributed by atoms with Crippen LogP contribution < -0.4 is 4.90 Å². The molecule has 2 aromatic rings. The molecule has 5 nitrogen and oxygen atoms in total. The van der Waals surface area contributed by atoms with Crippen molar-refractivity contribution < 1.29 is 9.59 Å². The Morgan fingerprint density at radius 3 is 2.54 bits per heavy atom. The van der Waals surface area contributed by atoms with Crippen molar-refractivity contribution in [3.05, 3.63) is 59.9 Å². The fourth-order valence-electron chi connectivity index (χ4n) is 3.18. The molecule has 0 unspecified atom stereocenters.